The molecule has 0 saturated heterocycles. The monoisotopic (exact) mass is 423 g/mol. The second kappa shape index (κ2) is 10.2. The van der Waals surface area contributed by atoms with Crippen LogP contribution in [0.5, 0.6) is 0 Å². The Balaban J connectivity index is 1.77. The Hall–Kier alpha value is -2.09. The van der Waals surface area contributed by atoms with Crippen molar-refractivity contribution in [2.75, 3.05) is 31.5 Å². The van der Waals surface area contributed by atoms with Gasteiger partial charge in [-0.2, -0.15) is 0 Å². The van der Waals surface area contributed by atoms with Crippen LogP contribution in [-0.2, 0) is 9.59 Å². The Morgan fingerprint density at radius 1 is 1.19 bits per heavy atom. The van der Waals surface area contributed by atoms with Crippen molar-refractivity contribution in [1.29, 1.82) is 0 Å². The number of halogens is 1. The van der Waals surface area contributed by atoms with Gasteiger partial charge in [0, 0.05) is 35.7 Å². The molecule has 0 heterocycles. The van der Waals surface area contributed by atoms with E-state index in [0.717, 1.165) is 28.6 Å². The molecule has 0 unspecified atom stereocenters. The fraction of sp³-hybridized carbons (Fsp3) is 0.500. The predicted molar refractivity (Wildman–Crippen MR) is 107 cm³/mol. The highest BCUT2D eigenvalue weighted by Crippen LogP contribution is 2.28. The van der Waals surface area contributed by atoms with Gasteiger partial charge < -0.3 is 21.3 Å². The van der Waals surface area contributed by atoms with Crippen LogP contribution in [-0.4, -0.2) is 44.0 Å². The number of rotatable bonds is 8. The van der Waals surface area contributed by atoms with E-state index in [-0.39, 0.29) is 24.3 Å². The van der Waals surface area contributed by atoms with E-state index < -0.39 is 0 Å². The number of guanidine groups is 1. The number of anilines is 1. The number of nitrogens with one attached hydrogen (secondary N) is 4. The van der Waals surface area contributed by atoms with Gasteiger partial charge in [0.25, 0.3) is 0 Å². The first kappa shape index (κ1) is 20.2. The number of nitrogens with zero attached hydrogens (tertiary/aromatic N) is 1. The number of carbonyl (C=O) groups is 2. The molecule has 1 aromatic carbocycles. The van der Waals surface area contributed by atoms with Gasteiger partial charge >= 0.3 is 0 Å². The maximum Gasteiger partial charge on any atom is 0.246 e. The van der Waals surface area contributed by atoms with Crippen LogP contribution in [0.1, 0.15) is 25.3 Å². The van der Waals surface area contributed by atoms with Crippen molar-refractivity contribution in [1.82, 2.24) is 16.0 Å². The van der Waals surface area contributed by atoms with Gasteiger partial charge in [0.05, 0.1) is 0 Å². The summed E-state index contributed by atoms with van der Waals surface area (Å²) in [7, 11) is 0. The first-order valence-corrected chi connectivity index (χ1v) is 9.64. The van der Waals surface area contributed by atoms with E-state index in [4.69, 9.17) is 0 Å². The molecule has 8 heteroatoms. The zero-order chi connectivity index (χ0) is 18.9. The van der Waals surface area contributed by atoms with E-state index >= 15 is 0 Å². The summed E-state index contributed by atoms with van der Waals surface area (Å²) in [6.45, 7) is 5.67. The molecule has 1 saturated carbocycles. The SMILES string of the molecule is CCNC(=NCC(=O)Nc1cc(Br)ccc1C)NCCNC(=O)C1CC1. The topological polar surface area (TPSA) is 94.6 Å². The normalized spacial score (nSPS) is 13.9. The minimum atomic E-state index is -0.189. The zero-order valence-corrected chi connectivity index (χ0v) is 16.8. The standard InChI is InChI=1S/C18H26BrN5O2/c1-3-20-18(22-9-8-21-17(26)13-5-6-13)23-11-16(25)24-15-10-14(19)7-4-12(15)2/h4,7,10,13H,3,5-6,8-9,11H2,1-2H3,(H,21,26)(H,24,25)(H2,20,22,23). The van der Waals surface area contributed by atoms with Crippen molar-refractivity contribution in [3.63, 3.8) is 0 Å². The van der Waals surface area contributed by atoms with Crippen molar-refractivity contribution in [3.8, 4) is 0 Å². The number of benzene rings is 1. The van der Waals surface area contributed by atoms with Gasteiger partial charge in [0.2, 0.25) is 11.8 Å². The molecule has 0 aliphatic heterocycles. The third-order valence-electron chi connectivity index (χ3n) is 3.86. The number of aryl methyl sites for hydroxylation is 1. The minimum absolute atomic E-state index is 0.00964. The quantitative estimate of drug-likeness (QED) is 0.291. The molecule has 1 aliphatic carbocycles. The van der Waals surface area contributed by atoms with Crippen molar-refractivity contribution in [2.24, 2.45) is 10.9 Å². The largest absolute Gasteiger partial charge is 0.357 e. The third-order valence-corrected chi connectivity index (χ3v) is 4.36. The summed E-state index contributed by atoms with van der Waals surface area (Å²) in [4.78, 5) is 28.0. The van der Waals surface area contributed by atoms with Crippen molar-refractivity contribution >= 4 is 39.4 Å². The molecule has 0 bridgehead atoms. The number of amides is 2. The van der Waals surface area contributed by atoms with Crippen LogP contribution in [0.4, 0.5) is 5.69 Å². The number of carbonyl (C=O) groups excluding carboxylic acids is 2. The van der Waals surface area contributed by atoms with Gasteiger partial charge in [-0.25, -0.2) is 4.99 Å². The van der Waals surface area contributed by atoms with Crippen LogP contribution in [0.25, 0.3) is 0 Å². The smallest absolute Gasteiger partial charge is 0.246 e. The van der Waals surface area contributed by atoms with Crippen molar-refractivity contribution in [2.45, 2.75) is 26.7 Å². The van der Waals surface area contributed by atoms with Crippen LogP contribution >= 0.6 is 15.9 Å². The van der Waals surface area contributed by atoms with E-state index in [0.29, 0.717) is 25.6 Å². The zero-order valence-electron chi connectivity index (χ0n) is 15.2. The van der Waals surface area contributed by atoms with Gasteiger partial charge in [-0.3, -0.25) is 9.59 Å². The summed E-state index contributed by atoms with van der Waals surface area (Å²) >= 11 is 3.40. The summed E-state index contributed by atoms with van der Waals surface area (Å²) in [5.74, 6) is 0.694. The molecule has 0 spiro atoms. The predicted octanol–water partition coefficient (Wildman–Crippen LogP) is 1.78. The number of aliphatic imine (C=N–C) groups is 1. The van der Waals surface area contributed by atoms with Crippen LogP contribution in [0.2, 0.25) is 0 Å². The lowest BCUT2D eigenvalue weighted by Crippen LogP contribution is -2.42. The van der Waals surface area contributed by atoms with Gasteiger partial charge in [-0.05, 0) is 44.4 Å². The van der Waals surface area contributed by atoms with Crippen LogP contribution in [0.15, 0.2) is 27.7 Å². The molecule has 26 heavy (non-hydrogen) atoms. The van der Waals surface area contributed by atoms with E-state index in [1.54, 1.807) is 0 Å². The molecule has 0 atom stereocenters. The molecule has 0 radical (unpaired) electrons. The van der Waals surface area contributed by atoms with E-state index in [2.05, 4.69) is 42.2 Å². The maximum atomic E-state index is 12.1. The van der Waals surface area contributed by atoms with E-state index in [9.17, 15) is 9.59 Å². The molecule has 2 amide bonds. The summed E-state index contributed by atoms with van der Waals surface area (Å²) in [6, 6.07) is 5.73. The molecule has 1 aromatic rings. The average Bonchev–Trinajstić information content (AvgIpc) is 3.44. The Bertz CT molecular complexity index is 674. The minimum Gasteiger partial charge on any atom is -0.357 e. The highest BCUT2D eigenvalue weighted by molar-refractivity contribution is 9.10. The first-order valence-electron chi connectivity index (χ1n) is 8.85. The summed E-state index contributed by atoms with van der Waals surface area (Å²) in [5, 5.41) is 11.9. The van der Waals surface area contributed by atoms with Crippen molar-refractivity contribution < 1.29 is 9.59 Å². The van der Waals surface area contributed by atoms with Gasteiger partial charge in [0.15, 0.2) is 5.96 Å². The fourth-order valence-electron chi connectivity index (χ4n) is 2.27. The third kappa shape index (κ3) is 7.03. The Labute approximate surface area is 162 Å². The van der Waals surface area contributed by atoms with E-state index in [1.807, 2.05) is 32.0 Å². The molecule has 7 nitrogen and oxygen atoms in total. The van der Waals surface area contributed by atoms with Crippen molar-refractivity contribution in [3.05, 3.63) is 28.2 Å². The van der Waals surface area contributed by atoms with Gasteiger partial charge in [0.1, 0.15) is 6.54 Å². The fourth-order valence-corrected chi connectivity index (χ4v) is 2.63. The average molecular weight is 424 g/mol. The number of hydrogen-bond acceptors (Lipinski definition) is 3. The summed E-state index contributed by atoms with van der Waals surface area (Å²) in [5.41, 5.74) is 1.75. The van der Waals surface area contributed by atoms with Crippen LogP contribution in [0.3, 0.4) is 0 Å². The molecule has 2 rings (SSSR count). The molecular weight excluding hydrogens is 398 g/mol. The molecule has 1 aliphatic rings. The lowest BCUT2D eigenvalue weighted by Gasteiger charge is -2.12. The van der Waals surface area contributed by atoms with Crippen LogP contribution in [0, 0.1) is 12.8 Å². The molecule has 142 valence electrons. The summed E-state index contributed by atoms with van der Waals surface area (Å²) in [6.07, 6.45) is 1.99. The highest BCUT2D eigenvalue weighted by Gasteiger charge is 2.28. The second-order valence-corrected chi connectivity index (χ2v) is 7.11. The Morgan fingerprint density at radius 3 is 2.62 bits per heavy atom. The Kier molecular flexibility index (Phi) is 7.90. The molecule has 1 fully saturated rings. The van der Waals surface area contributed by atoms with E-state index in [1.165, 1.54) is 0 Å². The molecular formula is C18H26BrN5O2. The lowest BCUT2D eigenvalue weighted by molar-refractivity contribution is -0.122. The Morgan fingerprint density at radius 2 is 1.92 bits per heavy atom. The van der Waals surface area contributed by atoms with Gasteiger partial charge in [-0.1, -0.05) is 22.0 Å². The molecule has 4 N–H and O–H groups in total. The lowest BCUT2D eigenvalue weighted by atomic mass is 10.2. The highest BCUT2D eigenvalue weighted by atomic mass is 79.9. The second-order valence-electron chi connectivity index (χ2n) is 6.19. The number of hydrogen-bond donors (Lipinski definition) is 4. The first-order chi connectivity index (χ1) is 12.5. The summed E-state index contributed by atoms with van der Waals surface area (Å²) < 4.78 is 0.908. The van der Waals surface area contributed by atoms with Gasteiger partial charge in [-0.15, -0.1) is 0 Å². The molecule has 0 aromatic heterocycles. The maximum absolute atomic E-state index is 12.1. The van der Waals surface area contributed by atoms with Crippen LogP contribution < -0.4 is 21.3 Å².